The van der Waals surface area contributed by atoms with Gasteiger partial charge >= 0.3 is 0 Å². The number of amides is 1. The van der Waals surface area contributed by atoms with Crippen molar-refractivity contribution in [2.24, 2.45) is 4.99 Å². The van der Waals surface area contributed by atoms with Crippen molar-refractivity contribution < 1.29 is 4.79 Å². The molecule has 0 fully saturated rings. The number of aromatic amines is 1. The third-order valence-corrected chi connectivity index (χ3v) is 2.68. The van der Waals surface area contributed by atoms with Gasteiger partial charge in [-0.05, 0) is 31.4 Å². The van der Waals surface area contributed by atoms with Crippen molar-refractivity contribution in [3.8, 4) is 0 Å². The summed E-state index contributed by atoms with van der Waals surface area (Å²) in [5, 5.41) is 0. The van der Waals surface area contributed by atoms with Crippen LogP contribution < -0.4 is 0 Å². The number of benzene rings is 1. The summed E-state index contributed by atoms with van der Waals surface area (Å²) in [6.45, 7) is 2.06. The largest absolute Gasteiger partial charge is 0.342 e. The Hall–Kier alpha value is -1.97. The lowest BCUT2D eigenvalue weighted by Gasteiger charge is -1.92. The Morgan fingerprint density at radius 3 is 3.12 bits per heavy atom. The number of hydrogen-bond donors (Lipinski definition) is 1. The second-order valence-electron chi connectivity index (χ2n) is 3.98. The van der Waals surface area contributed by atoms with Gasteiger partial charge in [-0.25, -0.2) is 9.98 Å². The first-order valence-corrected chi connectivity index (χ1v) is 5.71. The molecule has 4 heteroatoms. The molecule has 1 aromatic heterocycles. The fourth-order valence-electron chi connectivity index (χ4n) is 1.82. The predicted octanol–water partition coefficient (Wildman–Crippen LogP) is 2.42. The lowest BCUT2D eigenvalue weighted by Crippen LogP contribution is -1.88. The third-order valence-electron chi connectivity index (χ3n) is 2.68. The van der Waals surface area contributed by atoms with Crippen molar-refractivity contribution in [2.45, 2.75) is 26.2 Å². The number of aryl methyl sites for hydroxylation is 2. The minimum Gasteiger partial charge on any atom is -0.342 e. The molecule has 2 rings (SSSR count). The van der Waals surface area contributed by atoms with Crippen LogP contribution in [-0.4, -0.2) is 22.6 Å². The zero-order valence-electron chi connectivity index (χ0n) is 9.81. The molecular weight excluding hydrogens is 214 g/mol. The van der Waals surface area contributed by atoms with E-state index in [-0.39, 0.29) is 0 Å². The van der Waals surface area contributed by atoms with Gasteiger partial charge in [0.05, 0.1) is 11.0 Å². The smallest absolute Gasteiger partial charge is 0.232 e. The first-order chi connectivity index (χ1) is 8.31. The second kappa shape index (κ2) is 5.39. The van der Waals surface area contributed by atoms with E-state index in [1.54, 1.807) is 6.21 Å². The fraction of sp³-hybridized carbons (Fsp3) is 0.308. The molecular formula is C13H15N3O. The maximum Gasteiger partial charge on any atom is 0.232 e. The Morgan fingerprint density at radius 2 is 2.35 bits per heavy atom. The zero-order valence-corrected chi connectivity index (χ0v) is 9.81. The molecule has 17 heavy (non-hydrogen) atoms. The average molecular weight is 229 g/mol. The van der Waals surface area contributed by atoms with E-state index < -0.39 is 0 Å². The van der Waals surface area contributed by atoms with Crippen LogP contribution in [0.4, 0.5) is 0 Å². The van der Waals surface area contributed by atoms with Gasteiger partial charge in [0.15, 0.2) is 0 Å². The van der Waals surface area contributed by atoms with Gasteiger partial charge in [0.2, 0.25) is 6.41 Å². The van der Waals surface area contributed by atoms with Gasteiger partial charge in [0.1, 0.15) is 5.82 Å². The molecule has 0 radical (unpaired) electrons. The number of H-pyrrole nitrogens is 1. The molecule has 1 amide bonds. The molecule has 1 N–H and O–H groups in total. The van der Waals surface area contributed by atoms with E-state index in [0.717, 1.165) is 36.1 Å². The van der Waals surface area contributed by atoms with E-state index in [4.69, 9.17) is 0 Å². The first-order valence-electron chi connectivity index (χ1n) is 5.71. The molecule has 2 aromatic rings. The van der Waals surface area contributed by atoms with Crippen LogP contribution in [-0.2, 0) is 11.2 Å². The van der Waals surface area contributed by atoms with Gasteiger partial charge in [-0.15, -0.1) is 0 Å². The molecule has 0 aliphatic carbocycles. The highest BCUT2D eigenvalue weighted by atomic mass is 16.1. The van der Waals surface area contributed by atoms with Crippen LogP contribution >= 0.6 is 0 Å². The number of hydrogen-bond acceptors (Lipinski definition) is 2. The lowest BCUT2D eigenvalue weighted by atomic mass is 10.2. The Morgan fingerprint density at radius 1 is 1.47 bits per heavy atom. The van der Waals surface area contributed by atoms with Crippen molar-refractivity contribution in [3.63, 3.8) is 0 Å². The van der Waals surface area contributed by atoms with E-state index in [0.29, 0.717) is 6.41 Å². The zero-order chi connectivity index (χ0) is 12.1. The molecule has 0 bridgehead atoms. The number of carbonyl (C=O) groups is 1. The maximum absolute atomic E-state index is 9.98. The van der Waals surface area contributed by atoms with Gasteiger partial charge in [-0.3, -0.25) is 4.79 Å². The van der Waals surface area contributed by atoms with Gasteiger partial charge in [0.25, 0.3) is 0 Å². The van der Waals surface area contributed by atoms with Crippen LogP contribution in [0.25, 0.3) is 11.0 Å². The van der Waals surface area contributed by atoms with Crippen molar-refractivity contribution >= 4 is 23.7 Å². The van der Waals surface area contributed by atoms with E-state index in [1.165, 1.54) is 5.56 Å². The number of para-hydroxylation sites is 1. The van der Waals surface area contributed by atoms with Gasteiger partial charge in [-0.2, -0.15) is 0 Å². The first kappa shape index (κ1) is 11.5. The van der Waals surface area contributed by atoms with Crippen molar-refractivity contribution in [1.29, 1.82) is 0 Å². The number of rotatable bonds is 5. The Labute approximate surface area is 99.8 Å². The van der Waals surface area contributed by atoms with Crippen molar-refractivity contribution in [3.05, 3.63) is 29.6 Å². The molecule has 4 nitrogen and oxygen atoms in total. The molecule has 1 heterocycles. The summed E-state index contributed by atoms with van der Waals surface area (Å²) in [5.74, 6) is 0.994. The normalized spacial score (nSPS) is 11.4. The average Bonchev–Trinajstić information content (AvgIpc) is 2.73. The maximum atomic E-state index is 9.98. The van der Waals surface area contributed by atoms with Crippen LogP contribution in [0.3, 0.4) is 0 Å². The van der Waals surface area contributed by atoms with Crippen molar-refractivity contribution in [2.75, 3.05) is 0 Å². The quantitative estimate of drug-likeness (QED) is 0.486. The summed E-state index contributed by atoms with van der Waals surface area (Å²) in [7, 11) is 0. The monoisotopic (exact) mass is 229 g/mol. The van der Waals surface area contributed by atoms with Crippen molar-refractivity contribution in [1.82, 2.24) is 9.97 Å². The Bertz CT molecular complexity index is 543. The minimum atomic E-state index is 0.560. The van der Waals surface area contributed by atoms with Crippen LogP contribution in [0, 0.1) is 6.92 Å². The highest BCUT2D eigenvalue weighted by Gasteiger charge is 2.03. The second-order valence-corrected chi connectivity index (χ2v) is 3.98. The summed E-state index contributed by atoms with van der Waals surface area (Å²) >= 11 is 0. The van der Waals surface area contributed by atoms with E-state index in [1.807, 2.05) is 12.1 Å². The summed E-state index contributed by atoms with van der Waals surface area (Å²) in [6, 6.07) is 6.12. The molecule has 0 spiro atoms. The molecule has 0 aliphatic rings. The Kier molecular flexibility index (Phi) is 3.65. The number of imidazole rings is 1. The molecule has 0 saturated carbocycles. The van der Waals surface area contributed by atoms with Gasteiger partial charge in [-0.1, -0.05) is 12.1 Å². The number of aliphatic imine (C=N–C) groups is 1. The topological polar surface area (TPSA) is 58.1 Å². The summed E-state index contributed by atoms with van der Waals surface area (Å²) < 4.78 is 0. The van der Waals surface area contributed by atoms with E-state index in [9.17, 15) is 4.79 Å². The molecule has 0 saturated heterocycles. The van der Waals surface area contributed by atoms with Crippen LogP contribution in [0.2, 0.25) is 0 Å². The number of carbonyl (C=O) groups excluding carboxylic acids is 1. The SMILES string of the molecule is Cc1cccc2[nH]c(CCCC=NC=O)nc12. The number of nitrogens with one attached hydrogen (secondary N) is 1. The molecule has 0 atom stereocenters. The highest BCUT2D eigenvalue weighted by molar-refractivity contribution is 5.78. The molecule has 0 unspecified atom stereocenters. The van der Waals surface area contributed by atoms with E-state index >= 15 is 0 Å². The number of aromatic nitrogens is 2. The summed E-state index contributed by atoms with van der Waals surface area (Å²) in [5.41, 5.74) is 3.32. The number of unbranched alkanes of at least 4 members (excludes halogenated alkanes) is 1. The lowest BCUT2D eigenvalue weighted by molar-refractivity contribution is -0.106. The van der Waals surface area contributed by atoms with Crippen LogP contribution in [0.15, 0.2) is 23.2 Å². The summed E-state index contributed by atoms with van der Waals surface area (Å²) in [6.07, 6.45) is 4.81. The highest BCUT2D eigenvalue weighted by Crippen LogP contribution is 2.16. The standard InChI is InChI=1S/C13H15N3O/c1-10-5-4-6-11-13(10)16-12(15-11)7-2-3-8-14-9-17/h4-6,8-9H,2-3,7H2,1H3,(H,15,16). The van der Waals surface area contributed by atoms with E-state index in [2.05, 4.69) is 28.0 Å². The third kappa shape index (κ3) is 2.78. The number of fused-ring (bicyclic) bond motifs is 1. The minimum absolute atomic E-state index is 0.560. The predicted molar refractivity (Wildman–Crippen MR) is 68.3 cm³/mol. The van der Waals surface area contributed by atoms with Gasteiger partial charge in [0, 0.05) is 12.6 Å². The van der Waals surface area contributed by atoms with Crippen LogP contribution in [0.5, 0.6) is 0 Å². The van der Waals surface area contributed by atoms with Crippen LogP contribution in [0.1, 0.15) is 24.2 Å². The number of nitrogens with zero attached hydrogens (tertiary/aromatic N) is 2. The summed E-state index contributed by atoms with van der Waals surface area (Å²) in [4.78, 5) is 21.4. The van der Waals surface area contributed by atoms with Gasteiger partial charge < -0.3 is 4.98 Å². The fourth-order valence-corrected chi connectivity index (χ4v) is 1.82. The molecule has 0 aliphatic heterocycles. The molecule has 88 valence electrons. The molecule has 1 aromatic carbocycles. The Balaban J connectivity index is 2.02.